The first kappa shape index (κ1) is 21.8. The van der Waals surface area contributed by atoms with Crippen LogP contribution in [0.5, 0.6) is 0 Å². The van der Waals surface area contributed by atoms with Gasteiger partial charge in [0.15, 0.2) is 17.2 Å². The van der Waals surface area contributed by atoms with E-state index in [1.807, 2.05) is 4.90 Å². The predicted octanol–water partition coefficient (Wildman–Crippen LogP) is 4.06. The number of Topliss-reactive ketones (excluding diaryl/α,β-unsaturated/α-hetero) is 1. The van der Waals surface area contributed by atoms with E-state index in [9.17, 15) is 18.7 Å². The molecule has 3 heterocycles. The van der Waals surface area contributed by atoms with Crippen molar-refractivity contribution in [2.75, 3.05) is 17.2 Å². The van der Waals surface area contributed by atoms with Crippen molar-refractivity contribution in [3.05, 3.63) is 53.2 Å². The second-order valence-corrected chi connectivity index (χ2v) is 9.13. The standard InChI is InChI=1S/C24H27F2N5O2/c25-15-5-8-18(26)17(13-15)19-2-1-10-30(19)21-9-11-31-24(28-21)22(23(27)29-31)20(33)12-14-3-6-16(32)7-4-14/h5,8-9,11,13-14,16,19,32H,1-4,6-7,10,12H2,(H2,27,29)/t14?,16?,19-/m1/s1. The normalized spacial score (nSPS) is 23.4. The Morgan fingerprint density at radius 1 is 1.15 bits per heavy atom. The Morgan fingerprint density at radius 3 is 2.73 bits per heavy atom. The second kappa shape index (κ2) is 8.70. The van der Waals surface area contributed by atoms with Gasteiger partial charge in [-0.1, -0.05) is 0 Å². The molecule has 0 bridgehead atoms. The first-order valence-electron chi connectivity index (χ1n) is 11.5. The summed E-state index contributed by atoms with van der Waals surface area (Å²) in [4.78, 5) is 19.8. The summed E-state index contributed by atoms with van der Waals surface area (Å²) in [7, 11) is 0. The van der Waals surface area contributed by atoms with Gasteiger partial charge in [0, 0.05) is 24.7 Å². The maximum Gasteiger partial charge on any atom is 0.170 e. The average Bonchev–Trinajstić information content (AvgIpc) is 3.40. The third kappa shape index (κ3) is 4.17. The molecule has 2 aromatic heterocycles. The minimum Gasteiger partial charge on any atom is -0.393 e. The van der Waals surface area contributed by atoms with Gasteiger partial charge in [-0.15, -0.1) is 5.10 Å². The fourth-order valence-corrected chi connectivity index (χ4v) is 5.21. The van der Waals surface area contributed by atoms with Gasteiger partial charge < -0.3 is 15.7 Å². The van der Waals surface area contributed by atoms with Crippen LogP contribution in [0.1, 0.15) is 66.9 Å². The van der Waals surface area contributed by atoms with E-state index in [2.05, 4.69) is 5.10 Å². The molecule has 2 fully saturated rings. The highest BCUT2D eigenvalue weighted by Gasteiger charge is 2.31. The number of carbonyl (C=O) groups is 1. The Kier molecular flexibility index (Phi) is 5.74. The molecular weight excluding hydrogens is 428 g/mol. The number of fused-ring (bicyclic) bond motifs is 1. The molecule has 1 aliphatic heterocycles. The average molecular weight is 456 g/mol. The number of aliphatic hydroxyl groups excluding tert-OH is 1. The molecule has 1 aromatic carbocycles. The molecule has 3 aromatic rings. The van der Waals surface area contributed by atoms with Gasteiger partial charge in [-0.2, -0.15) is 0 Å². The Bertz CT molecular complexity index is 1190. The molecular formula is C24H27F2N5O2. The molecule has 3 N–H and O–H groups in total. The quantitative estimate of drug-likeness (QED) is 0.564. The third-order valence-corrected chi connectivity index (χ3v) is 6.93. The summed E-state index contributed by atoms with van der Waals surface area (Å²) >= 11 is 0. The number of hydrogen-bond donors (Lipinski definition) is 2. The first-order chi connectivity index (χ1) is 15.9. The first-order valence-corrected chi connectivity index (χ1v) is 11.5. The Hall–Kier alpha value is -3.07. The lowest BCUT2D eigenvalue weighted by Gasteiger charge is -2.26. The lowest BCUT2D eigenvalue weighted by atomic mass is 9.83. The molecule has 1 atom stereocenters. The summed E-state index contributed by atoms with van der Waals surface area (Å²) < 4.78 is 29.8. The van der Waals surface area contributed by atoms with Crippen LogP contribution in [0.4, 0.5) is 20.4 Å². The van der Waals surface area contributed by atoms with E-state index in [1.165, 1.54) is 10.6 Å². The number of anilines is 2. The molecule has 1 saturated heterocycles. The number of halogens is 2. The Labute approximate surface area is 190 Å². The van der Waals surface area contributed by atoms with Gasteiger partial charge in [-0.25, -0.2) is 18.3 Å². The lowest BCUT2D eigenvalue weighted by molar-refractivity contribution is 0.0861. The van der Waals surface area contributed by atoms with Crippen LogP contribution >= 0.6 is 0 Å². The predicted molar refractivity (Wildman–Crippen MR) is 120 cm³/mol. The molecule has 2 aliphatic rings. The van der Waals surface area contributed by atoms with Crippen LogP contribution in [-0.4, -0.2) is 38.1 Å². The number of benzene rings is 1. The maximum atomic E-state index is 14.5. The van der Waals surface area contributed by atoms with Gasteiger partial charge >= 0.3 is 0 Å². The summed E-state index contributed by atoms with van der Waals surface area (Å²) in [5.41, 5.74) is 7.08. The molecule has 174 valence electrons. The van der Waals surface area contributed by atoms with Gasteiger partial charge in [-0.05, 0) is 68.7 Å². The van der Waals surface area contributed by atoms with Gasteiger partial charge in [0.1, 0.15) is 23.0 Å². The largest absolute Gasteiger partial charge is 0.393 e. The van der Waals surface area contributed by atoms with E-state index in [4.69, 9.17) is 10.7 Å². The van der Waals surface area contributed by atoms with Crippen molar-refractivity contribution in [3.8, 4) is 0 Å². The van der Waals surface area contributed by atoms with Crippen LogP contribution in [0.2, 0.25) is 0 Å². The lowest BCUT2D eigenvalue weighted by Crippen LogP contribution is -2.24. The van der Waals surface area contributed by atoms with E-state index < -0.39 is 11.6 Å². The van der Waals surface area contributed by atoms with Gasteiger partial charge in [0.05, 0.1) is 12.1 Å². The number of aliphatic hydroxyl groups is 1. The highest BCUT2D eigenvalue weighted by molar-refractivity contribution is 6.05. The fourth-order valence-electron chi connectivity index (χ4n) is 5.21. The van der Waals surface area contributed by atoms with Gasteiger partial charge in [0.2, 0.25) is 0 Å². The van der Waals surface area contributed by atoms with Crippen LogP contribution in [0.25, 0.3) is 5.65 Å². The molecule has 0 amide bonds. The molecule has 0 radical (unpaired) electrons. The number of nitrogens with zero attached hydrogens (tertiary/aromatic N) is 4. The molecule has 7 nitrogen and oxygen atoms in total. The maximum absolute atomic E-state index is 14.5. The molecule has 33 heavy (non-hydrogen) atoms. The zero-order valence-corrected chi connectivity index (χ0v) is 18.3. The highest BCUT2D eigenvalue weighted by Crippen LogP contribution is 2.37. The summed E-state index contributed by atoms with van der Waals surface area (Å²) in [6.45, 7) is 0.640. The van der Waals surface area contributed by atoms with E-state index in [0.717, 1.165) is 31.4 Å². The van der Waals surface area contributed by atoms with Crippen LogP contribution < -0.4 is 10.6 Å². The molecule has 0 spiro atoms. The Balaban J connectivity index is 1.45. The number of rotatable bonds is 5. The van der Waals surface area contributed by atoms with Crippen molar-refractivity contribution in [1.29, 1.82) is 0 Å². The van der Waals surface area contributed by atoms with E-state index in [1.54, 1.807) is 12.3 Å². The number of aromatic nitrogens is 3. The third-order valence-electron chi connectivity index (χ3n) is 6.93. The summed E-state index contributed by atoms with van der Waals surface area (Å²) in [5, 5.41) is 14.0. The topological polar surface area (TPSA) is 96.8 Å². The van der Waals surface area contributed by atoms with E-state index in [0.29, 0.717) is 54.8 Å². The van der Waals surface area contributed by atoms with Crippen molar-refractivity contribution in [3.63, 3.8) is 0 Å². The van der Waals surface area contributed by atoms with Crippen molar-refractivity contribution in [1.82, 2.24) is 14.6 Å². The zero-order valence-electron chi connectivity index (χ0n) is 18.3. The number of carbonyl (C=O) groups excluding carboxylic acids is 1. The van der Waals surface area contributed by atoms with Crippen molar-refractivity contribution >= 4 is 23.1 Å². The van der Waals surface area contributed by atoms with E-state index >= 15 is 0 Å². The number of nitrogen functional groups attached to an aromatic ring is 1. The van der Waals surface area contributed by atoms with Crippen LogP contribution in [0.3, 0.4) is 0 Å². The minimum atomic E-state index is -0.478. The SMILES string of the molecule is Nc1nn2ccc(N3CCC[C@@H]3c3cc(F)ccc3F)nc2c1C(=O)CC1CCC(O)CC1. The molecule has 5 rings (SSSR count). The van der Waals surface area contributed by atoms with Gasteiger partial charge in [-0.3, -0.25) is 4.79 Å². The monoisotopic (exact) mass is 455 g/mol. The number of ketones is 1. The number of nitrogens with two attached hydrogens (primary N) is 1. The van der Waals surface area contributed by atoms with Crippen LogP contribution in [0.15, 0.2) is 30.5 Å². The fraction of sp³-hybridized carbons (Fsp3) is 0.458. The van der Waals surface area contributed by atoms with Crippen molar-refractivity contribution in [2.45, 2.75) is 57.1 Å². The second-order valence-electron chi connectivity index (χ2n) is 9.13. The molecule has 0 unspecified atom stereocenters. The number of hydrogen-bond acceptors (Lipinski definition) is 6. The highest BCUT2D eigenvalue weighted by atomic mass is 19.1. The van der Waals surface area contributed by atoms with Crippen molar-refractivity contribution in [2.24, 2.45) is 5.92 Å². The molecule has 1 saturated carbocycles. The van der Waals surface area contributed by atoms with Crippen molar-refractivity contribution < 1.29 is 18.7 Å². The summed E-state index contributed by atoms with van der Waals surface area (Å²) in [5.74, 6) is -0.122. The van der Waals surface area contributed by atoms with Gasteiger partial charge in [0.25, 0.3) is 0 Å². The smallest absolute Gasteiger partial charge is 0.170 e. The van der Waals surface area contributed by atoms with E-state index in [-0.39, 0.29) is 29.7 Å². The minimum absolute atomic E-state index is 0.109. The van der Waals surface area contributed by atoms with Crippen LogP contribution in [-0.2, 0) is 0 Å². The Morgan fingerprint density at radius 2 is 1.94 bits per heavy atom. The molecule has 1 aliphatic carbocycles. The molecule has 9 heteroatoms. The summed E-state index contributed by atoms with van der Waals surface area (Å²) in [6, 6.07) is 4.91. The van der Waals surface area contributed by atoms with Crippen LogP contribution in [0, 0.1) is 17.6 Å². The zero-order chi connectivity index (χ0) is 23.1. The summed E-state index contributed by atoms with van der Waals surface area (Å²) in [6.07, 6.45) is 6.26.